The van der Waals surface area contributed by atoms with Crippen LogP contribution in [0.1, 0.15) is 24.5 Å². The first-order valence-corrected chi connectivity index (χ1v) is 7.04. The van der Waals surface area contributed by atoms with Crippen molar-refractivity contribution in [2.45, 2.75) is 26.7 Å². The summed E-state index contributed by atoms with van der Waals surface area (Å²) in [5.74, 6) is 0.331. The molecule has 1 atom stereocenters. The highest BCUT2D eigenvalue weighted by Crippen LogP contribution is 2.10. The highest BCUT2D eigenvalue weighted by molar-refractivity contribution is 5.78. The van der Waals surface area contributed by atoms with E-state index in [1.165, 1.54) is 11.1 Å². The summed E-state index contributed by atoms with van der Waals surface area (Å²) in [6, 6.07) is 8.36. The molecule has 0 saturated heterocycles. The monoisotopic (exact) mass is 262 g/mol. The van der Waals surface area contributed by atoms with Crippen molar-refractivity contribution in [1.29, 1.82) is 0 Å². The third-order valence-corrected chi connectivity index (χ3v) is 3.65. The van der Waals surface area contributed by atoms with E-state index in [1.807, 2.05) is 25.1 Å². The zero-order valence-electron chi connectivity index (χ0n) is 12.6. The third-order valence-electron chi connectivity index (χ3n) is 3.65. The molecule has 0 aliphatic heterocycles. The number of nitrogens with zero attached hydrogens (tertiary/aromatic N) is 1. The first-order chi connectivity index (χ1) is 9.10. The van der Waals surface area contributed by atoms with Gasteiger partial charge in [-0.05, 0) is 37.9 Å². The molecule has 106 valence electrons. The van der Waals surface area contributed by atoms with Crippen LogP contribution in [0.4, 0.5) is 0 Å². The number of likely N-dealkylation sites (N-methyl/N-ethyl adjacent to an activating group) is 1. The Kier molecular flexibility index (Phi) is 6.57. The summed E-state index contributed by atoms with van der Waals surface area (Å²) in [5.41, 5.74) is 2.62. The molecule has 1 unspecified atom stereocenters. The van der Waals surface area contributed by atoms with Crippen LogP contribution >= 0.6 is 0 Å². The zero-order valence-corrected chi connectivity index (χ0v) is 12.6. The minimum Gasteiger partial charge on any atom is -0.345 e. The quantitative estimate of drug-likeness (QED) is 0.817. The summed E-state index contributed by atoms with van der Waals surface area (Å²) in [7, 11) is 3.79. The molecule has 0 aliphatic rings. The fraction of sp³-hybridized carbons (Fsp3) is 0.562. The van der Waals surface area contributed by atoms with Gasteiger partial charge < -0.3 is 10.2 Å². The predicted octanol–water partition coefficient (Wildman–Crippen LogP) is 2.24. The Morgan fingerprint density at radius 2 is 2.05 bits per heavy atom. The predicted molar refractivity (Wildman–Crippen MR) is 80.2 cm³/mol. The van der Waals surface area contributed by atoms with Gasteiger partial charge in [0.05, 0.1) is 5.92 Å². The van der Waals surface area contributed by atoms with Crippen LogP contribution < -0.4 is 5.32 Å². The number of benzene rings is 1. The van der Waals surface area contributed by atoms with E-state index in [0.29, 0.717) is 0 Å². The Balaban J connectivity index is 2.53. The fourth-order valence-electron chi connectivity index (χ4n) is 2.25. The Morgan fingerprint density at radius 3 is 2.63 bits per heavy atom. The lowest BCUT2D eigenvalue weighted by Gasteiger charge is -2.23. The van der Waals surface area contributed by atoms with E-state index in [-0.39, 0.29) is 11.8 Å². The topological polar surface area (TPSA) is 32.3 Å². The van der Waals surface area contributed by atoms with Gasteiger partial charge in [-0.15, -0.1) is 0 Å². The molecule has 3 heteroatoms. The van der Waals surface area contributed by atoms with Crippen LogP contribution in [0.3, 0.4) is 0 Å². The van der Waals surface area contributed by atoms with E-state index < -0.39 is 0 Å². The summed E-state index contributed by atoms with van der Waals surface area (Å²) < 4.78 is 0. The molecule has 0 bridgehead atoms. The number of carbonyl (C=O) groups excluding carboxylic acids is 1. The minimum atomic E-state index is 0.0897. The van der Waals surface area contributed by atoms with Crippen molar-refractivity contribution in [2.24, 2.45) is 5.92 Å². The second-order valence-corrected chi connectivity index (χ2v) is 5.10. The summed E-state index contributed by atoms with van der Waals surface area (Å²) in [6.45, 7) is 5.72. The van der Waals surface area contributed by atoms with Crippen LogP contribution in [0, 0.1) is 12.8 Å². The van der Waals surface area contributed by atoms with Gasteiger partial charge in [0.2, 0.25) is 5.91 Å². The average molecular weight is 262 g/mol. The number of hydrogen-bond donors (Lipinski definition) is 1. The molecule has 1 amide bonds. The Hall–Kier alpha value is -1.35. The van der Waals surface area contributed by atoms with Crippen LogP contribution in [-0.2, 0) is 11.2 Å². The van der Waals surface area contributed by atoms with Gasteiger partial charge in [-0.2, -0.15) is 0 Å². The van der Waals surface area contributed by atoms with Crippen molar-refractivity contribution in [3.63, 3.8) is 0 Å². The summed E-state index contributed by atoms with van der Waals surface area (Å²) >= 11 is 0. The zero-order chi connectivity index (χ0) is 14.3. The van der Waals surface area contributed by atoms with Gasteiger partial charge in [0, 0.05) is 20.1 Å². The van der Waals surface area contributed by atoms with Crippen molar-refractivity contribution in [2.75, 3.05) is 27.2 Å². The van der Waals surface area contributed by atoms with E-state index in [1.54, 1.807) is 0 Å². The van der Waals surface area contributed by atoms with Gasteiger partial charge in [0.25, 0.3) is 0 Å². The van der Waals surface area contributed by atoms with E-state index in [4.69, 9.17) is 0 Å². The minimum absolute atomic E-state index is 0.0897. The van der Waals surface area contributed by atoms with Gasteiger partial charge in [-0.3, -0.25) is 4.79 Å². The lowest BCUT2D eigenvalue weighted by atomic mass is 10.0. The molecule has 0 aliphatic carbocycles. The Labute approximate surface area is 117 Å². The second-order valence-electron chi connectivity index (χ2n) is 5.10. The van der Waals surface area contributed by atoms with E-state index in [0.717, 1.165) is 25.9 Å². The van der Waals surface area contributed by atoms with Crippen molar-refractivity contribution in [3.8, 4) is 0 Å². The molecule has 1 rings (SSSR count). The maximum atomic E-state index is 12.3. The molecule has 0 radical (unpaired) electrons. The van der Waals surface area contributed by atoms with Crippen molar-refractivity contribution in [3.05, 3.63) is 35.4 Å². The molecular formula is C16H26N2O. The van der Waals surface area contributed by atoms with Crippen LogP contribution in [0.2, 0.25) is 0 Å². The molecule has 19 heavy (non-hydrogen) atoms. The highest BCUT2D eigenvalue weighted by Gasteiger charge is 2.19. The highest BCUT2D eigenvalue weighted by atomic mass is 16.2. The third kappa shape index (κ3) is 4.67. The maximum Gasteiger partial charge on any atom is 0.226 e. The molecule has 1 N–H and O–H groups in total. The average Bonchev–Trinajstić information content (AvgIpc) is 2.42. The second kappa shape index (κ2) is 7.95. The number of hydrogen-bond acceptors (Lipinski definition) is 2. The molecule has 0 spiro atoms. The Bertz CT molecular complexity index is 403. The van der Waals surface area contributed by atoms with Gasteiger partial charge >= 0.3 is 0 Å². The smallest absolute Gasteiger partial charge is 0.226 e. The lowest BCUT2D eigenvalue weighted by molar-refractivity contribution is -0.134. The molecule has 0 heterocycles. The molecule has 0 aromatic heterocycles. The van der Waals surface area contributed by atoms with E-state index in [2.05, 4.69) is 37.4 Å². The van der Waals surface area contributed by atoms with Crippen LogP contribution in [0.15, 0.2) is 24.3 Å². The SMILES string of the molecule is CCC(CNC)C(=O)N(C)CCc1ccccc1C. The summed E-state index contributed by atoms with van der Waals surface area (Å²) in [5, 5.41) is 3.09. The van der Waals surface area contributed by atoms with Crippen molar-refractivity contribution >= 4 is 5.91 Å². The molecule has 0 saturated carbocycles. The number of rotatable bonds is 7. The van der Waals surface area contributed by atoms with E-state index >= 15 is 0 Å². The molecule has 3 nitrogen and oxygen atoms in total. The van der Waals surface area contributed by atoms with Gasteiger partial charge in [-0.25, -0.2) is 0 Å². The van der Waals surface area contributed by atoms with Gasteiger partial charge in [0.1, 0.15) is 0 Å². The molecule has 1 aromatic carbocycles. The molecule has 1 aromatic rings. The number of amides is 1. The summed E-state index contributed by atoms with van der Waals surface area (Å²) in [6.07, 6.45) is 1.80. The fourth-order valence-corrected chi connectivity index (χ4v) is 2.25. The van der Waals surface area contributed by atoms with Crippen molar-refractivity contribution < 1.29 is 4.79 Å². The molecule has 0 fully saturated rings. The van der Waals surface area contributed by atoms with Gasteiger partial charge in [-0.1, -0.05) is 31.2 Å². The largest absolute Gasteiger partial charge is 0.345 e. The normalized spacial score (nSPS) is 12.2. The standard InChI is InChI=1S/C16H26N2O/c1-5-14(12-17-3)16(19)18(4)11-10-15-9-7-6-8-13(15)2/h6-9,14,17H,5,10-12H2,1-4H3. The first kappa shape index (κ1) is 15.7. The molecular weight excluding hydrogens is 236 g/mol. The van der Waals surface area contributed by atoms with Gasteiger partial charge in [0.15, 0.2) is 0 Å². The maximum absolute atomic E-state index is 12.3. The number of aryl methyl sites for hydroxylation is 1. The van der Waals surface area contributed by atoms with Crippen LogP contribution in [0.25, 0.3) is 0 Å². The first-order valence-electron chi connectivity index (χ1n) is 7.04. The number of nitrogens with one attached hydrogen (secondary N) is 1. The van der Waals surface area contributed by atoms with E-state index in [9.17, 15) is 4.79 Å². The van der Waals surface area contributed by atoms with Crippen LogP contribution in [0.5, 0.6) is 0 Å². The lowest BCUT2D eigenvalue weighted by Crippen LogP contribution is -2.38. The van der Waals surface area contributed by atoms with Crippen LogP contribution in [-0.4, -0.2) is 38.0 Å². The summed E-state index contributed by atoms with van der Waals surface area (Å²) in [4.78, 5) is 14.1. The van der Waals surface area contributed by atoms with Crippen molar-refractivity contribution in [1.82, 2.24) is 10.2 Å². The Morgan fingerprint density at radius 1 is 1.37 bits per heavy atom. The number of carbonyl (C=O) groups is 1.